The van der Waals surface area contributed by atoms with Gasteiger partial charge in [-0.25, -0.2) is 4.98 Å². The molecule has 3 unspecified atom stereocenters. The molecular formula is C56H60F3N9O7S. The molecule has 20 heteroatoms. The number of nitrogens with one attached hydrogen (secondary N) is 5. The van der Waals surface area contributed by atoms with Gasteiger partial charge >= 0.3 is 6.18 Å². The highest BCUT2D eigenvalue weighted by Crippen LogP contribution is 2.36. The number of H-pyrrole nitrogens is 1. The highest BCUT2D eigenvalue weighted by molar-refractivity contribution is 7.13. The van der Waals surface area contributed by atoms with Crippen LogP contribution in [0.25, 0.3) is 21.6 Å². The first-order chi connectivity index (χ1) is 36.1. The molecule has 3 atom stereocenters. The van der Waals surface area contributed by atoms with Gasteiger partial charge in [0.2, 0.25) is 23.3 Å². The van der Waals surface area contributed by atoms with Gasteiger partial charge in [-0.15, -0.1) is 11.3 Å². The van der Waals surface area contributed by atoms with Crippen LogP contribution in [0.2, 0.25) is 0 Å². The maximum Gasteiger partial charge on any atom is 0.417 e. The first-order valence-corrected chi connectivity index (χ1v) is 25.7. The number of aliphatic hydroxyl groups is 1. The number of anilines is 2. The SMILES string of the molecule is Cc1ncsc1-c1ccc(CNC(=O)C2CC(O)CN2C(=O)C(NC(=O)Cc2ccc(CNC(=O)c3ccc(-c4ccc(N5CCN(C)CC5)c(NC(=O)c5c[nH]c(=O)cc5C(F)(F)F)c4)cc3)cc2)C(C)(C)C)cc1. The second-order valence-corrected chi connectivity index (χ2v) is 21.2. The highest BCUT2D eigenvalue weighted by Gasteiger charge is 2.44. The van der Waals surface area contributed by atoms with Crippen LogP contribution in [0, 0.1) is 12.3 Å². The second kappa shape index (κ2) is 23.1. The number of aromatic nitrogens is 2. The Labute approximate surface area is 441 Å². The monoisotopic (exact) mass is 1060 g/mol. The Hall–Kier alpha value is -7.68. The van der Waals surface area contributed by atoms with Gasteiger partial charge in [0.1, 0.15) is 12.1 Å². The summed E-state index contributed by atoms with van der Waals surface area (Å²) in [6.07, 6.45) is -5.08. The van der Waals surface area contributed by atoms with Crippen molar-refractivity contribution in [3.63, 3.8) is 0 Å². The molecule has 6 aromatic rings. The number of hydrogen-bond acceptors (Lipinski definition) is 11. The number of likely N-dealkylation sites (N-methyl/N-ethyl adjacent to an activating group) is 1. The lowest BCUT2D eigenvalue weighted by molar-refractivity contribution is -0.144. The fraction of sp³-hybridized carbons (Fsp3) is 0.339. The van der Waals surface area contributed by atoms with Crippen LogP contribution in [0.5, 0.6) is 0 Å². The highest BCUT2D eigenvalue weighted by atomic mass is 32.1. The number of amides is 5. The van der Waals surface area contributed by atoms with Gasteiger partial charge in [0.15, 0.2) is 0 Å². The van der Waals surface area contributed by atoms with Gasteiger partial charge in [0, 0.05) is 70.1 Å². The van der Waals surface area contributed by atoms with Gasteiger partial charge in [-0.3, -0.25) is 28.8 Å². The number of carbonyl (C=O) groups is 5. The summed E-state index contributed by atoms with van der Waals surface area (Å²) in [7, 11) is 1.98. The van der Waals surface area contributed by atoms with Gasteiger partial charge in [-0.1, -0.05) is 87.5 Å². The number of thiazole rings is 1. The Morgan fingerprint density at radius 3 is 2.05 bits per heavy atom. The second-order valence-electron chi connectivity index (χ2n) is 20.3. The third-order valence-electron chi connectivity index (χ3n) is 13.6. The van der Waals surface area contributed by atoms with Gasteiger partial charge in [-0.05, 0) is 77.0 Å². The standard InChI is InChI=1S/C56H60F3N9O7S/c1-33-49(76-32-63-33)38-12-10-36(11-13-38)29-62-53(74)46-26-41(69)31-68(46)54(75)50(55(2,3)4)65-48(71)24-34-6-8-35(9-7-34)28-61-51(72)39-16-14-37(15-17-39)40-18-19-45(67-22-20-66(5)21-23-67)44(25-40)64-52(73)42-30-60-47(70)27-43(42)56(57,58)59/h6-19,25,27,30,32,41,46,50,69H,20-24,26,28-29,31H2,1-5H3,(H,60,70)(H,61,72)(H,62,74)(H,64,73)(H,65,71). The Bertz CT molecular complexity index is 3150. The minimum Gasteiger partial charge on any atom is -0.391 e. The summed E-state index contributed by atoms with van der Waals surface area (Å²) in [5.41, 5.74) is 4.80. The number of hydrogen-bond donors (Lipinski definition) is 6. The zero-order valence-corrected chi connectivity index (χ0v) is 43.5. The van der Waals surface area contributed by atoms with E-state index in [9.17, 15) is 47.0 Å². The average Bonchev–Trinajstić information content (AvgIpc) is 4.01. The largest absolute Gasteiger partial charge is 0.417 e. The molecule has 0 saturated carbocycles. The van der Waals surface area contributed by atoms with Crippen molar-refractivity contribution < 1.29 is 42.3 Å². The summed E-state index contributed by atoms with van der Waals surface area (Å²) < 4.78 is 41.7. The van der Waals surface area contributed by atoms with E-state index in [0.29, 0.717) is 47.1 Å². The third-order valence-corrected chi connectivity index (χ3v) is 14.6. The summed E-state index contributed by atoms with van der Waals surface area (Å²) in [6, 6.07) is 25.3. The Morgan fingerprint density at radius 1 is 0.803 bits per heavy atom. The van der Waals surface area contributed by atoms with Crippen molar-refractivity contribution in [1.29, 1.82) is 0 Å². The van der Waals surface area contributed by atoms with Crippen molar-refractivity contribution in [3.05, 3.63) is 158 Å². The molecule has 0 aliphatic carbocycles. The van der Waals surface area contributed by atoms with Crippen molar-refractivity contribution in [1.82, 2.24) is 35.7 Å². The molecule has 6 N–H and O–H groups in total. The van der Waals surface area contributed by atoms with Crippen molar-refractivity contribution in [2.45, 2.75) is 78.0 Å². The van der Waals surface area contributed by atoms with Crippen molar-refractivity contribution in [3.8, 4) is 21.6 Å². The number of piperazine rings is 1. The average molecular weight is 1060 g/mol. The van der Waals surface area contributed by atoms with E-state index < -0.39 is 70.1 Å². The van der Waals surface area contributed by atoms with Crippen molar-refractivity contribution in [2.75, 3.05) is 50.0 Å². The van der Waals surface area contributed by atoms with Crippen molar-refractivity contribution >= 4 is 52.2 Å². The number of alkyl halides is 3. The molecule has 4 heterocycles. The summed E-state index contributed by atoms with van der Waals surface area (Å²) in [6.45, 7) is 10.5. The molecule has 76 heavy (non-hydrogen) atoms. The molecule has 2 saturated heterocycles. The van der Waals surface area contributed by atoms with E-state index >= 15 is 0 Å². The number of halogens is 3. The van der Waals surface area contributed by atoms with E-state index in [-0.39, 0.29) is 44.1 Å². The van der Waals surface area contributed by atoms with Gasteiger partial charge in [-0.2, -0.15) is 13.2 Å². The molecular weight excluding hydrogens is 1000 g/mol. The fourth-order valence-electron chi connectivity index (χ4n) is 9.27. The van der Waals surface area contributed by atoms with Crippen LogP contribution in [-0.4, -0.2) is 112 Å². The van der Waals surface area contributed by atoms with Crippen LogP contribution in [0.4, 0.5) is 24.5 Å². The number of aliphatic hydroxyl groups excluding tert-OH is 1. The predicted octanol–water partition coefficient (Wildman–Crippen LogP) is 6.78. The molecule has 2 aromatic heterocycles. The van der Waals surface area contributed by atoms with E-state index in [1.165, 1.54) is 4.90 Å². The number of pyridine rings is 1. The number of rotatable bonds is 15. The molecule has 4 aromatic carbocycles. The molecule has 2 aliphatic rings. The normalized spacial score (nSPS) is 16.5. The maximum atomic E-state index is 14.2. The number of aryl methyl sites for hydroxylation is 1. The minimum atomic E-state index is -4.95. The van der Waals surface area contributed by atoms with Crippen LogP contribution in [0.1, 0.15) is 75.9 Å². The van der Waals surface area contributed by atoms with E-state index in [1.54, 1.807) is 77.5 Å². The van der Waals surface area contributed by atoms with Crippen LogP contribution in [0.3, 0.4) is 0 Å². The summed E-state index contributed by atoms with van der Waals surface area (Å²) in [4.78, 5) is 92.9. The van der Waals surface area contributed by atoms with Gasteiger partial charge < -0.3 is 46.1 Å². The number of β-amino-alcohol motifs (C(OH)–C–C–N with tert-alkyl or cyclic N) is 1. The minimum absolute atomic E-state index is 0.0484. The van der Waals surface area contributed by atoms with E-state index in [1.807, 2.05) is 70.0 Å². The topological polar surface area (TPSA) is 209 Å². The third kappa shape index (κ3) is 13.2. The molecule has 8 rings (SSSR count). The lowest BCUT2D eigenvalue weighted by Gasteiger charge is -2.35. The molecule has 2 aliphatic heterocycles. The molecule has 16 nitrogen and oxygen atoms in total. The van der Waals surface area contributed by atoms with Crippen LogP contribution in [0.15, 0.2) is 114 Å². The number of nitrogens with zero attached hydrogens (tertiary/aromatic N) is 4. The molecule has 0 spiro atoms. The Balaban J connectivity index is 0.856. The molecule has 398 valence electrons. The van der Waals surface area contributed by atoms with Crippen LogP contribution >= 0.6 is 11.3 Å². The Morgan fingerprint density at radius 2 is 1.42 bits per heavy atom. The lowest BCUT2D eigenvalue weighted by Crippen LogP contribution is -2.58. The van der Waals surface area contributed by atoms with Gasteiger partial charge in [0.05, 0.1) is 51.1 Å². The maximum absolute atomic E-state index is 14.2. The first kappa shape index (κ1) is 54.6. The van der Waals surface area contributed by atoms with E-state index in [2.05, 4.69) is 36.1 Å². The van der Waals surface area contributed by atoms with Gasteiger partial charge in [0.25, 0.3) is 11.8 Å². The fourth-order valence-corrected chi connectivity index (χ4v) is 10.1. The lowest BCUT2D eigenvalue weighted by atomic mass is 9.85. The quantitative estimate of drug-likeness (QED) is 0.0636. The Kier molecular flexibility index (Phi) is 16.6. The summed E-state index contributed by atoms with van der Waals surface area (Å²) in [5.74, 6) is -2.67. The molecule has 2 fully saturated rings. The molecule has 0 radical (unpaired) electrons. The van der Waals surface area contributed by atoms with Crippen LogP contribution in [-0.2, 0) is 40.1 Å². The zero-order valence-electron chi connectivity index (χ0n) is 42.7. The number of likely N-dealkylation sites (tertiary alicyclic amines) is 1. The number of carbonyl (C=O) groups excluding carboxylic acids is 5. The molecule has 5 amide bonds. The van der Waals surface area contributed by atoms with Crippen LogP contribution < -0.4 is 31.7 Å². The predicted molar refractivity (Wildman–Crippen MR) is 285 cm³/mol. The number of aromatic amines is 1. The molecule has 0 bridgehead atoms. The van der Waals surface area contributed by atoms with Crippen molar-refractivity contribution in [2.24, 2.45) is 5.41 Å². The number of benzene rings is 4. The smallest absolute Gasteiger partial charge is 0.391 e. The van der Waals surface area contributed by atoms with E-state index in [4.69, 9.17) is 0 Å². The zero-order chi connectivity index (χ0) is 54.5. The summed E-state index contributed by atoms with van der Waals surface area (Å²) in [5, 5.41) is 22.0. The first-order valence-electron chi connectivity index (χ1n) is 24.8. The summed E-state index contributed by atoms with van der Waals surface area (Å²) >= 11 is 1.55. The van der Waals surface area contributed by atoms with E-state index in [0.717, 1.165) is 46.5 Å².